The van der Waals surface area contributed by atoms with E-state index in [-0.39, 0.29) is 12.0 Å². The zero-order chi connectivity index (χ0) is 17.1. The van der Waals surface area contributed by atoms with Crippen molar-refractivity contribution in [3.63, 3.8) is 0 Å². The van der Waals surface area contributed by atoms with E-state index >= 15 is 0 Å². The van der Waals surface area contributed by atoms with Gasteiger partial charge in [-0.25, -0.2) is 0 Å². The molecule has 2 unspecified atom stereocenters. The number of carbonyl (C=O) groups is 1. The molecule has 5 heteroatoms. The van der Waals surface area contributed by atoms with Crippen LogP contribution in [0, 0.1) is 5.41 Å². The van der Waals surface area contributed by atoms with Gasteiger partial charge in [-0.15, -0.1) is 0 Å². The van der Waals surface area contributed by atoms with Crippen LogP contribution in [-0.4, -0.2) is 30.8 Å². The zero-order valence-corrected chi connectivity index (χ0v) is 14.5. The SMILES string of the molecule is CCOCc1cccc(NC(=O)C2(N)CC(OCC)C2(C)C)c1. The Kier molecular flexibility index (Phi) is 5.45. The maximum Gasteiger partial charge on any atom is 0.245 e. The first-order valence-electron chi connectivity index (χ1n) is 8.23. The highest BCUT2D eigenvalue weighted by atomic mass is 16.5. The minimum atomic E-state index is -0.914. The fraction of sp³-hybridized carbons (Fsp3) is 0.611. The highest BCUT2D eigenvalue weighted by molar-refractivity contribution is 5.99. The van der Waals surface area contributed by atoms with Gasteiger partial charge in [0.15, 0.2) is 0 Å². The Morgan fingerprint density at radius 1 is 1.35 bits per heavy atom. The summed E-state index contributed by atoms with van der Waals surface area (Å²) in [5.41, 5.74) is 6.85. The molecule has 0 bridgehead atoms. The van der Waals surface area contributed by atoms with E-state index in [9.17, 15) is 4.79 Å². The number of ether oxygens (including phenoxy) is 2. The molecule has 1 fully saturated rings. The van der Waals surface area contributed by atoms with Gasteiger partial charge in [0, 0.05) is 30.7 Å². The van der Waals surface area contributed by atoms with E-state index < -0.39 is 11.0 Å². The quantitative estimate of drug-likeness (QED) is 0.810. The van der Waals surface area contributed by atoms with Crippen LogP contribution in [0.25, 0.3) is 0 Å². The Morgan fingerprint density at radius 3 is 2.70 bits per heavy atom. The van der Waals surface area contributed by atoms with Gasteiger partial charge in [-0.2, -0.15) is 0 Å². The molecule has 0 aliphatic heterocycles. The molecule has 1 aliphatic carbocycles. The molecule has 1 saturated carbocycles. The maximum atomic E-state index is 12.7. The first-order chi connectivity index (χ1) is 10.8. The number of hydrogen-bond acceptors (Lipinski definition) is 4. The van der Waals surface area contributed by atoms with E-state index in [1.807, 2.05) is 52.0 Å². The van der Waals surface area contributed by atoms with Crippen LogP contribution in [0.1, 0.15) is 39.7 Å². The van der Waals surface area contributed by atoms with Crippen LogP contribution in [-0.2, 0) is 20.9 Å². The summed E-state index contributed by atoms with van der Waals surface area (Å²) in [6.45, 7) is 9.71. The summed E-state index contributed by atoms with van der Waals surface area (Å²) in [6, 6.07) is 7.66. The Bertz CT molecular complexity index is 559. The number of nitrogens with one attached hydrogen (secondary N) is 1. The molecule has 0 radical (unpaired) electrons. The van der Waals surface area contributed by atoms with Gasteiger partial charge in [-0.05, 0) is 31.5 Å². The maximum absolute atomic E-state index is 12.7. The van der Waals surface area contributed by atoms with Gasteiger partial charge < -0.3 is 20.5 Å². The van der Waals surface area contributed by atoms with Crippen LogP contribution in [0.15, 0.2) is 24.3 Å². The van der Waals surface area contributed by atoms with Crippen molar-refractivity contribution in [2.24, 2.45) is 11.1 Å². The molecular weight excluding hydrogens is 292 g/mol. The predicted octanol–water partition coefficient (Wildman–Crippen LogP) is 2.69. The number of amides is 1. The van der Waals surface area contributed by atoms with Crippen LogP contribution in [0.5, 0.6) is 0 Å². The van der Waals surface area contributed by atoms with E-state index in [0.717, 1.165) is 11.3 Å². The number of carbonyl (C=O) groups excluding carboxylic acids is 1. The molecular formula is C18H28N2O3. The van der Waals surface area contributed by atoms with Gasteiger partial charge in [0.2, 0.25) is 5.91 Å². The summed E-state index contributed by atoms with van der Waals surface area (Å²) in [4.78, 5) is 12.7. The third kappa shape index (κ3) is 3.42. The fourth-order valence-electron chi connectivity index (χ4n) is 3.02. The topological polar surface area (TPSA) is 73.6 Å². The van der Waals surface area contributed by atoms with Crippen LogP contribution in [0.2, 0.25) is 0 Å². The number of nitrogens with two attached hydrogens (primary N) is 1. The summed E-state index contributed by atoms with van der Waals surface area (Å²) in [5, 5.41) is 2.94. The molecule has 0 aromatic heterocycles. The van der Waals surface area contributed by atoms with Gasteiger partial charge in [0.1, 0.15) is 5.54 Å². The summed E-state index contributed by atoms with van der Waals surface area (Å²) >= 11 is 0. The van der Waals surface area contributed by atoms with Crippen LogP contribution in [0.4, 0.5) is 5.69 Å². The van der Waals surface area contributed by atoms with Gasteiger partial charge in [-0.1, -0.05) is 26.0 Å². The van der Waals surface area contributed by atoms with Crippen LogP contribution < -0.4 is 11.1 Å². The first kappa shape index (κ1) is 17.9. The van der Waals surface area contributed by atoms with Crippen molar-refractivity contribution in [3.8, 4) is 0 Å². The second-order valence-electron chi connectivity index (χ2n) is 6.63. The largest absolute Gasteiger partial charge is 0.378 e. The standard InChI is InChI=1S/C18H28N2O3/c1-5-22-12-13-8-7-9-14(10-13)20-16(21)18(19)11-15(23-6-2)17(18,3)4/h7-10,15H,5-6,11-12,19H2,1-4H3,(H,20,21). The van der Waals surface area contributed by atoms with Crippen molar-refractivity contribution in [1.29, 1.82) is 0 Å². The highest BCUT2D eigenvalue weighted by Gasteiger charge is 2.62. The normalized spacial score (nSPS) is 25.7. The number of benzene rings is 1. The summed E-state index contributed by atoms with van der Waals surface area (Å²) < 4.78 is 11.1. The average molecular weight is 320 g/mol. The van der Waals surface area contributed by atoms with E-state index in [2.05, 4.69) is 5.32 Å². The van der Waals surface area contributed by atoms with Crippen molar-refractivity contribution in [2.45, 2.75) is 52.4 Å². The lowest BCUT2D eigenvalue weighted by atomic mass is 9.54. The molecule has 0 heterocycles. The van der Waals surface area contributed by atoms with Crippen LogP contribution >= 0.6 is 0 Å². The summed E-state index contributed by atoms with van der Waals surface area (Å²) in [5.74, 6) is -0.160. The van der Waals surface area contributed by atoms with Crippen molar-refractivity contribution in [2.75, 3.05) is 18.5 Å². The van der Waals surface area contributed by atoms with Gasteiger partial charge in [0.05, 0.1) is 12.7 Å². The van der Waals surface area contributed by atoms with Crippen molar-refractivity contribution >= 4 is 11.6 Å². The lowest BCUT2D eigenvalue weighted by Gasteiger charge is -2.57. The minimum absolute atomic E-state index is 0.0209. The molecule has 128 valence electrons. The number of anilines is 1. The lowest BCUT2D eigenvalue weighted by molar-refractivity contribution is -0.166. The molecule has 2 rings (SSSR count). The Balaban J connectivity index is 2.05. The van der Waals surface area contributed by atoms with E-state index in [4.69, 9.17) is 15.2 Å². The van der Waals surface area contributed by atoms with Gasteiger partial charge >= 0.3 is 0 Å². The predicted molar refractivity (Wildman–Crippen MR) is 91.1 cm³/mol. The summed E-state index contributed by atoms with van der Waals surface area (Å²) in [7, 11) is 0. The molecule has 23 heavy (non-hydrogen) atoms. The smallest absolute Gasteiger partial charge is 0.245 e. The van der Waals surface area contributed by atoms with Crippen molar-refractivity contribution in [1.82, 2.24) is 0 Å². The second-order valence-corrected chi connectivity index (χ2v) is 6.63. The molecule has 0 spiro atoms. The van der Waals surface area contributed by atoms with Crippen molar-refractivity contribution < 1.29 is 14.3 Å². The zero-order valence-electron chi connectivity index (χ0n) is 14.5. The molecule has 5 nitrogen and oxygen atoms in total. The number of rotatable bonds is 7. The Hall–Kier alpha value is -1.43. The van der Waals surface area contributed by atoms with E-state index in [0.29, 0.717) is 26.2 Å². The number of hydrogen-bond donors (Lipinski definition) is 2. The molecule has 1 aromatic carbocycles. The van der Waals surface area contributed by atoms with E-state index in [1.54, 1.807) is 0 Å². The van der Waals surface area contributed by atoms with Crippen molar-refractivity contribution in [3.05, 3.63) is 29.8 Å². The third-order valence-electron chi connectivity index (χ3n) is 4.89. The second kappa shape index (κ2) is 6.99. The Morgan fingerprint density at radius 2 is 2.09 bits per heavy atom. The average Bonchev–Trinajstić information content (AvgIpc) is 2.52. The highest BCUT2D eigenvalue weighted by Crippen LogP contribution is 2.50. The third-order valence-corrected chi connectivity index (χ3v) is 4.89. The molecule has 2 atom stereocenters. The first-order valence-corrected chi connectivity index (χ1v) is 8.23. The molecule has 0 saturated heterocycles. The van der Waals surface area contributed by atoms with Gasteiger partial charge in [-0.3, -0.25) is 4.79 Å². The molecule has 1 aromatic rings. The Labute approximate surface area is 138 Å². The van der Waals surface area contributed by atoms with Crippen LogP contribution in [0.3, 0.4) is 0 Å². The lowest BCUT2D eigenvalue weighted by Crippen LogP contribution is -2.74. The fourth-order valence-corrected chi connectivity index (χ4v) is 3.02. The molecule has 1 aliphatic rings. The van der Waals surface area contributed by atoms with E-state index in [1.165, 1.54) is 0 Å². The van der Waals surface area contributed by atoms with Gasteiger partial charge in [0.25, 0.3) is 0 Å². The summed E-state index contributed by atoms with van der Waals surface area (Å²) in [6.07, 6.45) is 0.561. The molecule has 1 amide bonds. The minimum Gasteiger partial charge on any atom is -0.378 e. The monoisotopic (exact) mass is 320 g/mol. The molecule has 3 N–H and O–H groups in total.